The molecule has 2 rings (SSSR count). The van der Waals surface area contributed by atoms with Gasteiger partial charge in [-0.25, -0.2) is 4.79 Å². The van der Waals surface area contributed by atoms with E-state index in [1.54, 1.807) is 24.3 Å². The van der Waals surface area contributed by atoms with E-state index in [2.05, 4.69) is 10.1 Å². The first-order valence-electron chi connectivity index (χ1n) is 4.43. The first kappa shape index (κ1) is 9.45. The molecular weight excluding hydrogens is 194 g/mol. The smallest absolute Gasteiger partial charge is 0.338 e. The number of carbonyl (C=O) groups is 2. The highest BCUT2D eigenvalue weighted by Gasteiger charge is 2.20. The predicted octanol–water partition coefficient (Wildman–Crippen LogP) is 0.944. The molecule has 0 saturated carbocycles. The Morgan fingerprint density at radius 3 is 2.60 bits per heavy atom. The van der Waals surface area contributed by atoms with Crippen LogP contribution in [0, 0.1) is 0 Å². The van der Waals surface area contributed by atoms with E-state index in [1.165, 1.54) is 13.2 Å². The van der Waals surface area contributed by atoms with Crippen LogP contribution in [0.1, 0.15) is 15.9 Å². The van der Waals surface area contributed by atoms with Crippen LogP contribution >= 0.6 is 0 Å². The summed E-state index contributed by atoms with van der Waals surface area (Å²) in [6, 6.07) is 6.97. The standard InChI is InChI=1S/C11H9NO3/c1-15-11(14)8-5-3-2-4-7(8)9-6-10(13)12-9/h2-6H,1H3,(H,12,13). The summed E-state index contributed by atoms with van der Waals surface area (Å²) in [7, 11) is 1.33. The Balaban J connectivity index is 2.43. The molecule has 0 spiro atoms. The fourth-order valence-corrected chi connectivity index (χ4v) is 1.41. The lowest BCUT2D eigenvalue weighted by atomic mass is 10.0. The number of nitrogens with one attached hydrogen (secondary N) is 1. The van der Waals surface area contributed by atoms with Gasteiger partial charge in [0.25, 0.3) is 0 Å². The first-order chi connectivity index (χ1) is 7.22. The SMILES string of the molecule is COC(=O)c1ccccc1C1=CC(=O)N1. The highest BCUT2D eigenvalue weighted by molar-refractivity contribution is 6.11. The van der Waals surface area contributed by atoms with Gasteiger partial charge in [0.2, 0.25) is 5.91 Å². The van der Waals surface area contributed by atoms with Crippen LogP contribution < -0.4 is 5.32 Å². The molecule has 1 aliphatic heterocycles. The van der Waals surface area contributed by atoms with Gasteiger partial charge in [0.05, 0.1) is 18.4 Å². The van der Waals surface area contributed by atoms with Crippen molar-refractivity contribution in [3.63, 3.8) is 0 Å². The van der Waals surface area contributed by atoms with Gasteiger partial charge in [0, 0.05) is 11.6 Å². The predicted molar refractivity (Wildman–Crippen MR) is 53.9 cm³/mol. The van der Waals surface area contributed by atoms with Crippen molar-refractivity contribution < 1.29 is 14.3 Å². The molecule has 1 aromatic rings. The summed E-state index contributed by atoms with van der Waals surface area (Å²) in [5.74, 6) is -0.558. The minimum absolute atomic E-state index is 0.148. The second kappa shape index (κ2) is 3.57. The average molecular weight is 203 g/mol. The maximum atomic E-state index is 11.4. The van der Waals surface area contributed by atoms with Crippen LogP contribution in [-0.4, -0.2) is 19.0 Å². The highest BCUT2D eigenvalue weighted by Crippen LogP contribution is 2.21. The van der Waals surface area contributed by atoms with E-state index in [1.807, 2.05) is 0 Å². The number of methoxy groups -OCH3 is 1. The number of benzene rings is 1. The molecular formula is C11H9NO3. The molecule has 0 aromatic heterocycles. The molecule has 0 unspecified atom stereocenters. The Bertz CT molecular complexity index is 463. The largest absolute Gasteiger partial charge is 0.465 e. The molecule has 76 valence electrons. The minimum Gasteiger partial charge on any atom is -0.465 e. The summed E-state index contributed by atoms with van der Waals surface area (Å²) in [4.78, 5) is 22.1. The zero-order valence-corrected chi connectivity index (χ0v) is 8.11. The summed E-state index contributed by atoms with van der Waals surface area (Å²) < 4.78 is 4.64. The molecule has 1 amide bonds. The van der Waals surface area contributed by atoms with Crippen LogP contribution in [0.3, 0.4) is 0 Å². The lowest BCUT2D eigenvalue weighted by Gasteiger charge is -2.18. The van der Waals surface area contributed by atoms with E-state index in [0.29, 0.717) is 16.8 Å². The van der Waals surface area contributed by atoms with Crippen molar-refractivity contribution in [3.8, 4) is 0 Å². The van der Waals surface area contributed by atoms with Crippen LogP contribution in [0.4, 0.5) is 0 Å². The number of rotatable bonds is 2. The summed E-state index contributed by atoms with van der Waals surface area (Å²) in [5.41, 5.74) is 1.79. The monoisotopic (exact) mass is 203 g/mol. The average Bonchev–Trinajstić information content (AvgIpc) is 2.24. The fourth-order valence-electron chi connectivity index (χ4n) is 1.41. The molecule has 0 radical (unpaired) electrons. The fraction of sp³-hybridized carbons (Fsp3) is 0.0909. The first-order valence-corrected chi connectivity index (χ1v) is 4.43. The van der Waals surface area contributed by atoms with Crippen molar-refractivity contribution in [2.24, 2.45) is 0 Å². The van der Waals surface area contributed by atoms with E-state index >= 15 is 0 Å². The molecule has 1 aliphatic rings. The van der Waals surface area contributed by atoms with Crippen molar-refractivity contribution in [2.75, 3.05) is 7.11 Å². The van der Waals surface area contributed by atoms with Crippen molar-refractivity contribution in [2.45, 2.75) is 0 Å². The zero-order chi connectivity index (χ0) is 10.8. The molecule has 0 fully saturated rings. The lowest BCUT2D eigenvalue weighted by Crippen LogP contribution is -2.30. The maximum Gasteiger partial charge on any atom is 0.338 e. The normalized spacial score (nSPS) is 13.7. The van der Waals surface area contributed by atoms with Crippen molar-refractivity contribution in [1.29, 1.82) is 0 Å². The van der Waals surface area contributed by atoms with Gasteiger partial charge in [-0.1, -0.05) is 18.2 Å². The number of hydrogen-bond donors (Lipinski definition) is 1. The Morgan fingerprint density at radius 2 is 2.00 bits per heavy atom. The second-order valence-electron chi connectivity index (χ2n) is 3.08. The molecule has 1 aromatic carbocycles. The van der Waals surface area contributed by atoms with Gasteiger partial charge >= 0.3 is 5.97 Å². The summed E-state index contributed by atoms with van der Waals surface area (Å²) in [6.07, 6.45) is 1.45. The molecule has 4 nitrogen and oxygen atoms in total. The van der Waals surface area contributed by atoms with E-state index in [0.717, 1.165) is 0 Å². The van der Waals surface area contributed by atoms with Gasteiger partial charge in [0.15, 0.2) is 0 Å². The lowest BCUT2D eigenvalue weighted by molar-refractivity contribution is -0.116. The van der Waals surface area contributed by atoms with E-state index in [-0.39, 0.29) is 5.91 Å². The van der Waals surface area contributed by atoms with Crippen LogP contribution in [0.25, 0.3) is 5.70 Å². The van der Waals surface area contributed by atoms with Gasteiger partial charge in [-0.15, -0.1) is 0 Å². The van der Waals surface area contributed by atoms with Crippen molar-refractivity contribution in [1.82, 2.24) is 5.32 Å². The number of carbonyl (C=O) groups excluding carboxylic acids is 2. The molecule has 0 bridgehead atoms. The molecule has 0 saturated heterocycles. The van der Waals surface area contributed by atoms with Crippen molar-refractivity contribution >= 4 is 17.6 Å². The Hall–Kier alpha value is -2.10. The molecule has 1 N–H and O–H groups in total. The molecule has 0 aliphatic carbocycles. The number of ether oxygens (including phenoxy) is 1. The minimum atomic E-state index is -0.410. The summed E-state index contributed by atoms with van der Waals surface area (Å²) in [6.45, 7) is 0. The van der Waals surface area contributed by atoms with Gasteiger partial charge in [-0.2, -0.15) is 0 Å². The number of esters is 1. The number of amides is 1. The third-order valence-corrected chi connectivity index (χ3v) is 2.16. The molecule has 0 atom stereocenters. The van der Waals surface area contributed by atoms with E-state index in [4.69, 9.17) is 0 Å². The number of hydrogen-bond acceptors (Lipinski definition) is 3. The van der Waals surface area contributed by atoms with E-state index in [9.17, 15) is 9.59 Å². The Kier molecular flexibility index (Phi) is 2.25. The zero-order valence-electron chi connectivity index (χ0n) is 8.11. The second-order valence-corrected chi connectivity index (χ2v) is 3.08. The van der Waals surface area contributed by atoms with Crippen LogP contribution in [0.15, 0.2) is 30.3 Å². The molecule has 1 heterocycles. The molecule has 4 heteroatoms. The quantitative estimate of drug-likeness (QED) is 0.728. The topological polar surface area (TPSA) is 55.4 Å². The van der Waals surface area contributed by atoms with E-state index < -0.39 is 5.97 Å². The van der Waals surface area contributed by atoms with Gasteiger partial charge in [-0.3, -0.25) is 4.79 Å². The van der Waals surface area contributed by atoms with Gasteiger partial charge < -0.3 is 10.1 Å². The van der Waals surface area contributed by atoms with Gasteiger partial charge in [0.1, 0.15) is 0 Å². The maximum absolute atomic E-state index is 11.4. The molecule has 15 heavy (non-hydrogen) atoms. The summed E-state index contributed by atoms with van der Waals surface area (Å²) in [5, 5.41) is 2.59. The highest BCUT2D eigenvalue weighted by atomic mass is 16.5. The summed E-state index contributed by atoms with van der Waals surface area (Å²) >= 11 is 0. The third kappa shape index (κ3) is 1.61. The van der Waals surface area contributed by atoms with Crippen LogP contribution in [0.2, 0.25) is 0 Å². The van der Waals surface area contributed by atoms with Crippen LogP contribution in [-0.2, 0) is 9.53 Å². The van der Waals surface area contributed by atoms with Gasteiger partial charge in [-0.05, 0) is 6.07 Å². The van der Waals surface area contributed by atoms with Crippen molar-refractivity contribution in [3.05, 3.63) is 41.5 Å². The Morgan fingerprint density at radius 1 is 1.33 bits per heavy atom. The van der Waals surface area contributed by atoms with Crippen LogP contribution in [0.5, 0.6) is 0 Å². The third-order valence-electron chi connectivity index (χ3n) is 2.16. The Labute approximate surface area is 86.5 Å².